The monoisotopic (exact) mass is 203 g/mol. The van der Waals surface area contributed by atoms with Crippen LogP contribution in [-0.2, 0) is 4.79 Å². The summed E-state index contributed by atoms with van der Waals surface area (Å²) in [5.74, 6) is -0.804. The normalized spacial score (nSPS) is 15.5. The molecule has 0 fully saturated rings. The van der Waals surface area contributed by atoms with E-state index in [0.29, 0.717) is 13.0 Å². The first-order valence-corrected chi connectivity index (χ1v) is 5.10. The molecule has 2 N–H and O–H groups in total. The average Bonchev–Trinajstić information content (AvgIpc) is 2.02. The van der Waals surface area contributed by atoms with E-state index in [9.17, 15) is 4.79 Å². The summed E-state index contributed by atoms with van der Waals surface area (Å²) in [5.41, 5.74) is 0. The lowest BCUT2D eigenvalue weighted by atomic mass is 10.1. The van der Waals surface area contributed by atoms with Crippen molar-refractivity contribution in [1.29, 1.82) is 0 Å². The Hall–Kier alpha value is -0.610. The second-order valence-corrected chi connectivity index (χ2v) is 3.78. The quantitative estimate of drug-likeness (QED) is 0.646. The number of hydrogen-bond donors (Lipinski definition) is 2. The summed E-state index contributed by atoms with van der Waals surface area (Å²) in [6.07, 6.45) is 2.06. The molecule has 0 aromatic carbocycles. The summed E-state index contributed by atoms with van der Waals surface area (Å²) in [6, 6.07) is -0.468. The molecule has 0 aliphatic carbocycles. The Labute approximate surface area is 85.5 Å². The summed E-state index contributed by atoms with van der Waals surface area (Å²) < 4.78 is 0. The Morgan fingerprint density at radius 1 is 1.50 bits per heavy atom. The largest absolute Gasteiger partial charge is 0.480 e. The third-order valence-corrected chi connectivity index (χ3v) is 2.20. The predicted molar refractivity (Wildman–Crippen MR) is 55.3 cm³/mol. The zero-order valence-corrected chi connectivity index (χ0v) is 9.23. The van der Waals surface area contributed by atoms with E-state index in [1.807, 2.05) is 6.92 Å². The van der Waals surface area contributed by atoms with E-state index >= 15 is 0 Å². The van der Waals surface area contributed by atoms with Crippen molar-refractivity contribution in [3.05, 3.63) is 0 Å². The summed E-state index contributed by atoms with van der Waals surface area (Å²) in [4.78, 5) is 12.6. The highest BCUT2D eigenvalue weighted by Crippen LogP contribution is 2.08. The van der Waals surface area contributed by atoms with Gasteiger partial charge in [0.05, 0.1) is 6.10 Å². The van der Waals surface area contributed by atoms with Gasteiger partial charge in [-0.25, -0.2) is 0 Å². The third kappa shape index (κ3) is 5.19. The molecule has 2 atom stereocenters. The van der Waals surface area contributed by atoms with Crippen molar-refractivity contribution in [2.75, 3.05) is 13.6 Å². The van der Waals surface area contributed by atoms with Gasteiger partial charge in [-0.1, -0.05) is 19.8 Å². The highest BCUT2D eigenvalue weighted by Gasteiger charge is 2.22. The number of unbranched alkanes of at least 4 members (excludes halogenated alkanes) is 1. The Morgan fingerprint density at radius 2 is 2.07 bits per heavy atom. The Morgan fingerprint density at radius 3 is 2.43 bits per heavy atom. The lowest BCUT2D eigenvalue weighted by Crippen LogP contribution is -2.41. The number of aliphatic carboxylic acids is 1. The molecule has 0 amide bonds. The van der Waals surface area contributed by atoms with Crippen LogP contribution in [0.4, 0.5) is 0 Å². The maximum Gasteiger partial charge on any atom is 0.320 e. The molecule has 0 heterocycles. The number of hydrogen-bond acceptors (Lipinski definition) is 3. The molecule has 4 heteroatoms. The van der Waals surface area contributed by atoms with E-state index < -0.39 is 18.1 Å². The molecule has 14 heavy (non-hydrogen) atoms. The van der Waals surface area contributed by atoms with Crippen LogP contribution in [0.2, 0.25) is 0 Å². The minimum Gasteiger partial charge on any atom is -0.480 e. The van der Waals surface area contributed by atoms with Gasteiger partial charge in [-0.05, 0) is 20.4 Å². The van der Waals surface area contributed by atoms with Gasteiger partial charge >= 0.3 is 5.97 Å². The molecule has 0 aromatic rings. The first kappa shape index (κ1) is 13.4. The fraction of sp³-hybridized carbons (Fsp3) is 0.900. The fourth-order valence-corrected chi connectivity index (χ4v) is 1.47. The number of likely N-dealkylation sites (N-methyl/N-ethyl adjacent to an activating group) is 1. The second-order valence-electron chi connectivity index (χ2n) is 3.78. The topological polar surface area (TPSA) is 60.8 Å². The van der Waals surface area contributed by atoms with Gasteiger partial charge in [0.25, 0.3) is 0 Å². The average molecular weight is 203 g/mol. The molecule has 0 rings (SSSR count). The van der Waals surface area contributed by atoms with Crippen LogP contribution in [0.3, 0.4) is 0 Å². The SMILES string of the molecule is CCCCC(C(=O)O)N(C)CC(C)O. The van der Waals surface area contributed by atoms with E-state index in [-0.39, 0.29) is 0 Å². The smallest absolute Gasteiger partial charge is 0.320 e. The number of carboxylic acids is 1. The van der Waals surface area contributed by atoms with Gasteiger partial charge in [-0.3, -0.25) is 9.69 Å². The predicted octanol–water partition coefficient (Wildman–Crippen LogP) is 0.942. The molecule has 0 saturated heterocycles. The van der Waals surface area contributed by atoms with Crippen LogP contribution in [0.1, 0.15) is 33.1 Å². The van der Waals surface area contributed by atoms with Crippen LogP contribution in [0, 0.1) is 0 Å². The van der Waals surface area contributed by atoms with Gasteiger partial charge in [0.2, 0.25) is 0 Å². The highest BCUT2D eigenvalue weighted by molar-refractivity contribution is 5.73. The van der Waals surface area contributed by atoms with Crippen molar-refractivity contribution in [3.63, 3.8) is 0 Å². The maximum atomic E-state index is 10.9. The van der Waals surface area contributed by atoms with Crippen LogP contribution in [0.25, 0.3) is 0 Å². The van der Waals surface area contributed by atoms with Crippen molar-refractivity contribution in [2.24, 2.45) is 0 Å². The van der Waals surface area contributed by atoms with E-state index in [1.165, 1.54) is 0 Å². The molecule has 0 radical (unpaired) electrons. The standard InChI is InChI=1S/C10H21NO3/c1-4-5-6-9(10(13)14)11(3)7-8(2)12/h8-9,12H,4-7H2,1-3H3,(H,13,14). The van der Waals surface area contributed by atoms with Crippen LogP contribution < -0.4 is 0 Å². The van der Waals surface area contributed by atoms with E-state index in [4.69, 9.17) is 10.2 Å². The van der Waals surface area contributed by atoms with Gasteiger partial charge in [0, 0.05) is 6.54 Å². The van der Waals surface area contributed by atoms with Crippen molar-refractivity contribution >= 4 is 5.97 Å². The zero-order valence-electron chi connectivity index (χ0n) is 9.23. The molecule has 0 saturated carbocycles. The lowest BCUT2D eigenvalue weighted by molar-refractivity contribution is -0.143. The molecule has 0 spiro atoms. The van der Waals surface area contributed by atoms with Crippen molar-refractivity contribution in [1.82, 2.24) is 4.90 Å². The van der Waals surface area contributed by atoms with Crippen LogP contribution in [-0.4, -0.2) is 46.8 Å². The molecule has 0 aromatic heterocycles. The Bertz CT molecular complexity index is 171. The van der Waals surface area contributed by atoms with Gasteiger partial charge in [-0.15, -0.1) is 0 Å². The Balaban J connectivity index is 4.11. The number of carboxylic acid groups (broad SMARTS) is 1. The summed E-state index contributed by atoms with van der Waals surface area (Å²) in [6.45, 7) is 4.10. The molecule has 84 valence electrons. The minimum absolute atomic E-state index is 0.403. The van der Waals surface area contributed by atoms with E-state index in [1.54, 1.807) is 18.9 Å². The van der Waals surface area contributed by atoms with Gasteiger partial charge in [0.1, 0.15) is 6.04 Å². The molecule has 0 bridgehead atoms. The summed E-state index contributed by atoms with van der Waals surface area (Å²) >= 11 is 0. The first-order valence-electron chi connectivity index (χ1n) is 5.10. The van der Waals surface area contributed by atoms with Crippen molar-refractivity contribution < 1.29 is 15.0 Å². The number of carbonyl (C=O) groups is 1. The number of rotatable bonds is 7. The Kier molecular flexibility index (Phi) is 6.49. The molecule has 0 aliphatic rings. The third-order valence-electron chi connectivity index (χ3n) is 2.20. The molecule has 0 aliphatic heterocycles. The van der Waals surface area contributed by atoms with Gasteiger partial charge in [-0.2, -0.15) is 0 Å². The maximum absolute atomic E-state index is 10.9. The fourth-order valence-electron chi connectivity index (χ4n) is 1.47. The molecule has 4 nitrogen and oxygen atoms in total. The van der Waals surface area contributed by atoms with E-state index in [2.05, 4.69) is 0 Å². The van der Waals surface area contributed by atoms with Crippen molar-refractivity contribution in [2.45, 2.75) is 45.3 Å². The first-order chi connectivity index (χ1) is 6.49. The van der Waals surface area contributed by atoms with Crippen molar-refractivity contribution in [3.8, 4) is 0 Å². The van der Waals surface area contributed by atoms with Crippen LogP contribution in [0.15, 0.2) is 0 Å². The number of nitrogens with zero attached hydrogens (tertiary/aromatic N) is 1. The van der Waals surface area contributed by atoms with Crippen LogP contribution in [0.5, 0.6) is 0 Å². The van der Waals surface area contributed by atoms with Gasteiger partial charge in [0.15, 0.2) is 0 Å². The number of aliphatic hydroxyl groups excluding tert-OH is 1. The molecular weight excluding hydrogens is 182 g/mol. The molecular formula is C10H21NO3. The van der Waals surface area contributed by atoms with Gasteiger partial charge < -0.3 is 10.2 Å². The minimum atomic E-state index is -0.804. The van der Waals surface area contributed by atoms with E-state index in [0.717, 1.165) is 12.8 Å². The summed E-state index contributed by atoms with van der Waals surface area (Å²) in [5, 5.41) is 18.1. The second kappa shape index (κ2) is 6.79. The molecule has 2 unspecified atom stereocenters. The summed E-state index contributed by atoms with van der Waals surface area (Å²) in [7, 11) is 1.74. The lowest BCUT2D eigenvalue weighted by Gasteiger charge is -2.25. The highest BCUT2D eigenvalue weighted by atomic mass is 16.4. The number of aliphatic hydroxyl groups is 1. The zero-order chi connectivity index (χ0) is 11.1. The van der Waals surface area contributed by atoms with Crippen LogP contribution >= 0.6 is 0 Å².